The average Bonchev–Trinajstić information content (AvgIpc) is 2.57. The molecular formula is C19H26F2NO4P. The molecule has 0 spiro atoms. The Morgan fingerprint density at radius 2 is 1.52 bits per heavy atom. The van der Waals surface area contributed by atoms with E-state index in [0.717, 1.165) is 17.7 Å². The highest BCUT2D eigenvalue weighted by atomic mass is 31.2. The van der Waals surface area contributed by atoms with Gasteiger partial charge in [-0.05, 0) is 43.0 Å². The summed E-state index contributed by atoms with van der Waals surface area (Å²) < 4.78 is 38.0. The van der Waals surface area contributed by atoms with Gasteiger partial charge in [0.15, 0.2) is 11.6 Å². The lowest BCUT2D eigenvalue weighted by molar-refractivity contribution is 0.216. The molecule has 0 aliphatic rings. The molecule has 0 amide bonds. The third-order valence-corrected chi connectivity index (χ3v) is 4.74. The molecule has 150 valence electrons. The molecule has 0 bridgehead atoms. The highest BCUT2D eigenvalue weighted by molar-refractivity contribution is 7.52. The van der Waals surface area contributed by atoms with Crippen LogP contribution in [0.5, 0.6) is 0 Å². The zero-order chi connectivity index (χ0) is 20.6. The van der Waals surface area contributed by atoms with Gasteiger partial charge in [-0.3, -0.25) is 9.88 Å². The van der Waals surface area contributed by atoms with Gasteiger partial charge in [-0.2, -0.15) is 0 Å². The van der Waals surface area contributed by atoms with Gasteiger partial charge in [-0.1, -0.05) is 43.3 Å². The topological polar surface area (TPSA) is 89.8 Å². The van der Waals surface area contributed by atoms with Crippen molar-refractivity contribution in [3.8, 4) is 0 Å². The number of hydrogen-bond acceptors (Lipinski definition) is 3. The van der Waals surface area contributed by atoms with Crippen LogP contribution in [0.2, 0.25) is 0 Å². The minimum Gasteiger partial charge on any atom is -0.394 e. The quantitative estimate of drug-likeness (QED) is 0.551. The average molecular weight is 401 g/mol. The maximum Gasteiger partial charge on any atom is 0.346 e. The lowest BCUT2D eigenvalue weighted by Gasteiger charge is -2.23. The third-order valence-electron chi connectivity index (χ3n) is 3.58. The second-order valence-corrected chi connectivity index (χ2v) is 8.17. The molecule has 0 aliphatic heterocycles. The van der Waals surface area contributed by atoms with Crippen molar-refractivity contribution in [2.45, 2.75) is 38.6 Å². The summed E-state index contributed by atoms with van der Waals surface area (Å²) in [5.41, 5.74) is 1.02. The van der Waals surface area contributed by atoms with E-state index in [2.05, 4.69) is 5.32 Å². The van der Waals surface area contributed by atoms with E-state index in [9.17, 15) is 23.1 Å². The third kappa shape index (κ3) is 8.28. The lowest BCUT2D eigenvalue weighted by atomic mass is 10.0. The number of aliphatic hydroxyl groups excluding tert-OH is 1. The normalized spacial score (nSPS) is 13.7. The zero-order valence-corrected chi connectivity index (χ0v) is 16.4. The maximum atomic E-state index is 13.3. The number of halogens is 2. The van der Waals surface area contributed by atoms with Gasteiger partial charge in [0, 0.05) is 12.6 Å². The largest absolute Gasteiger partial charge is 0.394 e. The SMILES string of the molecule is CC(C)O.CC(CNC(c1ccc(F)c(F)c1)P(=O)(O)O)c1ccccc1. The first-order valence-corrected chi connectivity index (χ1v) is 10.2. The van der Waals surface area contributed by atoms with Crippen molar-refractivity contribution in [2.75, 3.05) is 6.54 Å². The number of nitrogens with one attached hydrogen (secondary N) is 1. The van der Waals surface area contributed by atoms with E-state index in [1.807, 2.05) is 37.3 Å². The molecule has 0 saturated carbocycles. The lowest BCUT2D eigenvalue weighted by Crippen LogP contribution is -2.26. The highest BCUT2D eigenvalue weighted by Crippen LogP contribution is 2.50. The first-order chi connectivity index (χ1) is 12.5. The minimum absolute atomic E-state index is 0.00412. The fourth-order valence-corrected chi connectivity index (χ4v) is 3.19. The van der Waals surface area contributed by atoms with Crippen molar-refractivity contribution in [3.63, 3.8) is 0 Å². The van der Waals surface area contributed by atoms with E-state index >= 15 is 0 Å². The van der Waals surface area contributed by atoms with E-state index in [-0.39, 0.29) is 24.1 Å². The smallest absolute Gasteiger partial charge is 0.346 e. The van der Waals surface area contributed by atoms with Crippen LogP contribution >= 0.6 is 7.60 Å². The molecule has 27 heavy (non-hydrogen) atoms. The summed E-state index contributed by atoms with van der Waals surface area (Å²) in [5, 5.41) is 10.8. The number of benzene rings is 2. The Morgan fingerprint density at radius 3 is 2.00 bits per heavy atom. The molecule has 0 heterocycles. The second-order valence-electron chi connectivity index (χ2n) is 6.48. The molecular weight excluding hydrogens is 375 g/mol. The molecule has 4 N–H and O–H groups in total. The van der Waals surface area contributed by atoms with Crippen LogP contribution < -0.4 is 5.32 Å². The first-order valence-electron chi connectivity index (χ1n) is 8.49. The van der Waals surface area contributed by atoms with Crippen molar-refractivity contribution in [1.29, 1.82) is 0 Å². The molecule has 0 fully saturated rings. The molecule has 0 radical (unpaired) electrons. The summed E-state index contributed by atoms with van der Waals surface area (Å²) in [6.45, 7) is 5.63. The molecule has 2 aromatic carbocycles. The van der Waals surface area contributed by atoms with Crippen molar-refractivity contribution in [3.05, 3.63) is 71.3 Å². The molecule has 8 heteroatoms. The van der Waals surface area contributed by atoms with Crippen LogP contribution in [-0.4, -0.2) is 27.5 Å². The summed E-state index contributed by atoms with van der Waals surface area (Å²) in [4.78, 5) is 19.0. The first kappa shape index (κ1) is 23.4. The molecule has 0 aromatic heterocycles. The Kier molecular flexibility index (Phi) is 9.22. The number of rotatable bonds is 6. The van der Waals surface area contributed by atoms with Crippen molar-refractivity contribution in [1.82, 2.24) is 5.32 Å². The van der Waals surface area contributed by atoms with E-state index in [1.165, 1.54) is 6.07 Å². The molecule has 2 atom stereocenters. The van der Waals surface area contributed by atoms with Crippen LogP contribution in [0, 0.1) is 11.6 Å². The van der Waals surface area contributed by atoms with Gasteiger partial charge in [0.1, 0.15) is 5.78 Å². The van der Waals surface area contributed by atoms with Crippen molar-refractivity contribution < 1.29 is 28.2 Å². The maximum absolute atomic E-state index is 13.3. The monoisotopic (exact) mass is 401 g/mol. The van der Waals surface area contributed by atoms with Crippen molar-refractivity contribution in [2.24, 2.45) is 0 Å². The van der Waals surface area contributed by atoms with Gasteiger partial charge in [-0.25, -0.2) is 8.78 Å². The molecule has 2 aromatic rings. The van der Waals surface area contributed by atoms with E-state index in [4.69, 9.17) is 5.11 Å². The van der Waals surface area contributed by atoms with E-state index < -0.39 is 25.0 Å². The summed E-state index contributed by atoms with van der Waals surface area (Å²) in [6.07, 6.45) is -0.167. The summed E-state index contributed by atoms with van der Waals surface area (Å²) in [5.74, 6) is -3.59. The second kappa shape index (κ2) is 10.6. The van der Waals surface area contributed by atoms with Gasteiger partial charge in [0.05, 0.1) is 0 Å². The predicted molar refractivity (Wildman–Crippen MR) is 101 cm³/mol. The Hall–Kier alpha value is -1.63. The number of hydrogen-bond donors (Lipinski definition) is 4. The predicted octanol–water partition coefficient (Wildman–Crippen LogP) is 3.92. The molecule has 2 unspecified atom stereocenters. The number of aliphatic hydroxyl groups is 1. The zero-order valence-electron chi connectivity index (χ0n) is 15.5. The van der Waals surface area contributed by atoms with Crippen LogP contribution in [0.1, 0.15) is 43.6 Å². The van der Waals surface area contributed by atoms with Gasteiger partial charge in [0.25, 0.3) is 0 Å². The fourth-order valence-electron chi connectivity index (χ4n) is 2.30. The molecule has 5 nitrogen and oxygen atoms in total. The molecule has 0 aliphatic carbocycles. The standard InChI is InChI=1S/C16H18F2NO3P.C3H8O/c1-11(12-5-3-2-4-6-12)10-19-16(23(20,21)22)13-7-8-14(17)15(18)9-13;1-3(2)4/h2-9,11,16,19H,10H2,1H3,(H2,20,21,22);3-4H,1-2H3. The van der Waals surface area contributed by atoms with Crippen LogP contribution in [0.15, 0.2) is 48.5 Å². The van der Waals surface area contributed by atoms with Gasteiger partial charge in [0.2, 0.25) is 0 Å². The Balaban J connectivity index is 0.000000828. The van der Waals surface area contributed by atoms with Gasteiger partial charge < -0.3 is 14.9 Å². The van der Waals surface area contributed by atoms with Crippen LogP contribution in [0.3, 0.4) is 0 Å². The van der Waals surface area contributed by atoms with Crippen LogP contribution in [-0.2, 0) is 4.57 Å². The summed E-state index contributed by atoms with van der Waals surface area (Å²) in [6, 6.07) is 12.3. The molecule has 0 saturated heterocycles. The van der Waals surface area contributed by atoms with E-state index in [1.54, 1.807) is 13.8 Å². The summed E-state index contributed by atoms with van der Waals surface area (Å²) in [7, 11) is -4.58. The van der Waals surface area contributed by atoms with E-state index in [0.29, 0.717) is 0 Å². The van der Waals surface area contributed by atoms with Crippen LogP contribution in [0.4, 0.5) is 8.78 Å². The Morgan fingerprint density at radius 1 is 0.963 bits per heavy atom. The Bertz CT molecular complexity index is 750. The highest BCUT2D eigenvalue weighted by Gasteiger charge is 2.31. The van der Waals surface area contributed by atoms with Gasteiger partial charge in [-0.15, -0.1) is 0 Å². The Labute approximate surface area is 158 Å². The van der Waals surface area contributed by atoms with Crippen molar-refractivity contribution >= 4 is 7.60 Å². The van der Waals surface area contributed by atoms with Crippen LogP contribution in [0.25, 0.3) is 0 Å². The van der Waals surface area contributed by atoms with Gasteiger partial charge >= 0.3 is 7.60 Å². The molecule has 2 rings (SSSR count). The minimum atomic E-state index is -4.58. The fraction of sp³-hybridized carbons (Fsp3) is 0.368. The summed E-state index contributed by atoms with van der Waals surface area (Å²) >= 11 is 0.